The Morgan fingerprint density at radius 1 is 1.78 bits per heavy atom. The summed E-state index contributed by atoms with van der Waals surface area (Å²) in [6.07, 6.45) is 0.361. The van der Waals surface area contributed by atoms with Gasteiger partial charge in [0.25, 0.3) is 0 Å². The van der Waals surface area contributed by atoms with Crippen molar-refractivity contribution < 1.29 is 17.2 Å². The molecule has 0 aromatic rings. The van der Waals surface area contributed by atoms with E-state index in [4.69, 9.17) is 4.55 Å². The van der Waals surface area contributed by atoms with E-state index in [-0.39, 0.29) is 5.76 Å². The second kappa shape index (κ2) is 2.84. The molecule has 0 amide bonds. The van der Waals surface area contributed by atoms with Crippen molar-refractivity contribution in [2.75, 3.05) is 0 Å². The number of hydrogen-bond donors (Lipinski definition) is 1. The zero-order valence-corrected chi connectivity index (χ0v) is 5.81. The Morgan fingerprint density at radius 2 is 2.22 bits per heavy atom. The SMILES string of the molecule is C=C(CC)OS(=O)(=O)O. The first-order chi connectivity index (χ1) is 3.95. The highest BCUT2D eigenvalue weighted by Gasteiger charge is 2.04. The van der Waals surface area contributed by atoms with Crippen LogP contribution in [-0.2, 0) is 14.6 Å². The Balaban J connectivity index is 3.91. The quantitative estimate of drug-likeness (QED) is 0.478. The molecule has 0 atom stereocenters. The summed E-state index contributed by atoms with van der Waals surface area (Å²) in [7, 11) is -4.33. The van der Waals surface area contributed by atoms with Gasteiger partial charge in [-0.15, -0.1) is 0 Å². The van der Waals surface area contributed by atoms with Crippen LogP contribution in [0, 0.1) is 0 Å². The van der Waals surface area contributed by atoms with Crippen molar-refractivity contribution in [3.05, 3.63) is 12.3 Å². The molecule has 0 aromatic carbocycles. The van der Waals surface area contributed by atoms with E-state index in [1.807, 2.05) is 0 Å². The van der Waals surface area contributed by atoms with E-state index in [1.165, 1.54) is 0 Å². The fourth-order valence-corrected chi connectivity index (χ4v) is 0.624. The Kier molecular flexibility index (Phi) is 2.66. The van der Waals surface area contributed by atoms with Gasteiger partial charge in [0.05, 0.1) is 0 Å². The van der Waals surface area contributed by atoms with E-state index in [1.54, 1.807) is 6.92 Å². The van der Waals surface area contributed by atoms with Gasteiger partial charge in [0, 0.05) is 6.42 Å². The second-order valence-corrected chi connectivity index (χ2v) is 2.43. The van der Waals surface area contributed by atoms with Crippen LogP contribution >= 0.6 is 0 Å². The van der Waals surface area contributed by atoms with Gasteiger partial charge in [-0.2, -0.15) is 8.42 Å². The molecule has 5 heteroatoms. The van der Waals surface area contributed by atoms with Crippen molar-refractivity contribution in [1.29, 1.82) is 0 Å². The van der Waals surface area contributed by atoms with Crippen LogP contribution in [-0.4, -0.2) is 13.0 Å². The third-order valence-electron chi connectivity index (χ3n) is 0.617. The third kappa shape index (κ3) is 5.32. The van der Waals surface area contributed by atoms with Crippen molar-refractivity contribution in [3.8, 4) is 0 Å². The lowest BCUT2D eigenvalue weighted by molar-refractivity contribution is 0.326. The molecule has 0 aliphatic heterocycles. The number of allylic oxidation sites excluding steroid dienone is 1. The van der Waals surface area contributed by atoms with E-state index in [9.17, 15) is 8.42 Å². The summed E-state index contributed by atoms with van der Waals surface area (Å²) in [4.78, 5) is 0. The molecule has 0 aliphatic carbocycles. The molecule has 0 aromatic heterocycles. The van der Waals surface area contributed by atoms with Gasteiger partial charge < -0.3 is 4.18 Å². The molecule has 9 heavy (non-hydrogen) atoms. The summed E-state index contributed by atoms with van der Waals surface area (Å²) in [5.41, 5.74) is 0. The van der Waals surface area contributed by atoms with Crippen molar-refractivity contribution in [2.45, 2.75) is 13.3 Å². The van der Waals surface area contributed by atoms with Crippen LogP contribution in [0.25, 0.3) is 0 Å². The minimum absolute atomic E-state index is 0.0255. The number of hydrogen-bond acceptors (Lipinski definition) is 3. The van der Waals surface area contributed by atoms with Gasteiger partial charge in [-0.25, -0.2) is 0 Å². The van der Waals surface area contributed by atoms with Gasteiger partial charge in [-0.05, 0) is 0 Å². The van der Waals surface area contributed by atoms with Gasteiger partial charge in [-0.3, -0.25) is 4.55 Å². The smallest absolute Gasteiger partial charge is 0.367 e. The minimum Gasteiger partial charge on any atom is -0.367 e. The zero-order chi connectivity index (χ0) is 7.49. The summed E-state index contributed by atoms with van der Waals surface area (Å²) in [5, 5.41) is 0. The molecule has 0 spiro atoms. The Morgan fingerprint density at radius 3 is 2.33 bits per heavy atom. The Bertz CT molecular complexity index is 191. The van der Waals surface area contributed by atoms with Crippen LogP contribution in [0.3, 0.4) is 0 Å². The molecular weight excluding hydrogens is 144 g/mol. The highest BCUT2D eigenvalue weighted by atomic mass is 32.3. The third-order valence-corrected chi connectivity index (χ3v) is 1.06. The lowest BCUT2D eigenvalue weighted by Gasteiger charge is -1.99. The summed E-state index contributed by atoms with van der Waals surface area (Å²) < 4.78 is 31.7. The molecule has 1 N–H and O–H groups in total. The van der Waals surface area contributed by atoms with Gasteiger partial charge in [0.2, 0.25) is 0 Å². The fraction of sp³-hybridized carbons (Fsp3) is 0.500. The average Bonchev–Trinajstić information content (AvgIpc) is 1.62. The van der Waals surface area contributed by atoms with Crippen molar-refractivity contribution >= 4 is 10.4 Å². The first-order valence-electron chi connectivity index (χ1n) is 2.30. The van der Waals surface area contributed by atoms with Crippen LogP contribution in [0.1, 0.15) is 13.3 Å². The average molecular weight is 152 g/mol. The van der Waals surface area contributed by atoms with Crippen LogP contribution in [0.15, 0.2) is 12.3 Å². The van der Waals surface area contributed by atoms with Gasteiger partial charge >= 0.3 is 10.4 Å². The van der Waals surface area contributed by atoms with E-state index >= 15 is 0 Å². The summed E-state index contributed by atoms with van der Waals surface area (Å²) in [6, 6.07) is 0. The molecule has 0 fully saturated rings. The van der Waals surface area contributed by atoms with Crippen molar-refractivity contribution in [2.24, 2.45) is 0 Å². The van der Waals surface area contributed by atoms with Crippen LogP contribution < -0.4 is 0 Å². The van der Waals surface area contributed by atoms with Crippen LogP contribution in [0.5, 0.6) is 0 Å². The van der Waals surface area contributed by atoms with Crippen molar-refractivity contribution in [1.82, 2.24) is 0 Å². The first-order valence-corrected chi connectivity index (χ1v) is 3.67. The maximum Gasteiger partial charge on any atom is 0.446 e. The molecule has 54 valence electrons. The largest absolute Gasteiger partial charge is 0.446 e. The molecule has 0 radical (unpaired) electrons. The first kappa shape index (κ1) is 8.45. The highest BCUT2D eigenvalue weighted by Crippen LogP contribution is 2.01. The lowest BCUT2D eigenvalue weighted by atomic mass is 10.4. The normalized spacial score (nSPS) is 10.9. The standard InChI is InChI=1S/C4H8O4S/c1-3-4(2)8-9(5,6)7/h2-3H2,1H3,(H,5,6,7). The second-order valence-electron chi connectivity index (χ2n) is 1.40. The van der Waals surface area contributed by atoms with Crippen molar-refractivity contribution in [3.63, 3.8) is 0 Å². The van der Waals surface area contributed by atoms with Crippen LogP contribution in [0.4, 0.5) is 0 Å². The van der Waals surface area contributed by atoms with Gasteiger partial charge in [0.15, 0.2) is 0 Å². The molecule has 0 rings (SSSR count). The molecule has 0 unspecified atom stereocenters. The molecule has 4 nitrogen and oxygen atoms in total. The highest BCUT2D eigenvalue weighted by molar-refractivity contribution is 7.81. The van der Waals surface area contributed by atoms with Crippen LogP contribution in [0.2, 0.25) is 0 Å². The van der Waals surface area contributed by atoms with E-state index in [2.05, 4.69) is 10.8 Å². The molecule has 0 saturated heterocycles. The summed E-state index contributed by atoms with van der Waals surface area (Å²) in [6.45, 7) is 4.86. The van der Waals surface area contributed by atoms with E-state index in [0.717, 1.165) is 0 Å². The molecule has 0 bridgehead atoms. The number of rotatable bonds is 3. The van der Waals surface area contributed by atoms with E-state index < -0.39 is 10.4 Å². The van der Waals surface area contributed by atoms with Gasteiger partial charge in [0.1, 0.15) is 5.76 Å². The molecule has 0 saturated carbocycles. The lowest BCUT2D eigenvalue weighted by Crippen LogP contribution is -2.01. The van der Waals surface area contributed by atoms with E-state index in [0.29, 0.717) is 6.42 Å². The Labute approximate surface area is 54.1 Å². The monoisotopic (exact) mass is 152 g/mol. The maximum absolute atomic E-state index is 9.87. The summed E-state index contributed by atoms with van der Waals surface area (Å²) in [5.74, 6) is 0.0255. The minimum atomic E-state index is -4.33. The topological polar surface area (TPSA) is 63.6 Å². The predicted octanol–water partition coefficient (Wildman–Crippen LogP) is 0.730. The molecular formula is C4H8O4S. The maximum atomic E-state index is 9.87. The predicted molar refractivity (Wildman–Crippen MR) is 32.1 cm³/mol. The Hall–Kier alpha value is -0.550. The zero-order valence-electron chi connectivity index (χ0n) is 4.99. The van der Waals surface area contributed by atoms with Gasteiger partial charge in [-0.1, -0.05) is 13.5 Å². The fourth-order valence-electron chi connectivity index (χ4n) is 0.208. The molecule has 0 aliphatic rings. The molecule has 0 heterocycles. The summed E-state index contributed by atoms with van der Waals surface area (Å²) >= 11 is 0.